The van der Waals surface area contributed by atoms with Gasteiger partial charge in [0.25, 0.3) is 0 Å². The lowest BCUT2D eigenvalue weighted by Gasteiger charge is -1.84. The van der Waals surface area contributed by atoms with Crippen molar-refractivity contribution in [3.05, 3.63) is 21.9 Å². The minimum Gasteiger partial charge on any atom is -0.192 e. The molecule has 0 aliphatic rings. The summed E-state index contributed by atoms with van der Waals surface area (Å²) in [6, 6.07) is 2.11. The number of hydrogen-bond acceptors (Lipinski definition) is 2. The van der Waals surface area contributed by atoms with Crippen molar-refractivity contribution in [1.82, 2.24) is 0 Å². The Balaban J connectivity index is 3.02. The number of nitrogens with zero attached hydrogens (tertiary/aromatic N) is 1. The average molecular weight is 202 g/mol. The maximum atomic E-state index is 8.47. The topological polar surface area (TPSA) is 23.8 Å². The minimum atomic E-state index is 0.777. The third-order valence-electron chi connectivity index (χ3n) is 1.01. The number of halogens is 1. The van der Waals surface area contributed by atoms with E-state index in [4.69, 9.17) is 5.26 Å². The van der Waals surface area contributed by atoms with E-state index in [1.54, 1.807) is 11.3 Å². The van der Waals surface area contributed by atoms with Crippen molar-refractivity contribution < 1.29 is 0 Å². The molecule has 0 bridgehead atoms. The first kappa shape index (κ1) is 6.79. The summed E-state index contributed by atoms with van der Waals surface area (Å²) in [4.78, 5) is 0. The molecule has 1 aromatic rings. The zero-order chi connectivity index (χ0) is 6.69. The van der Waals surface area contributed by atoms with Gasteiger partial charge in [0.2, 0.25) is 0 Å². The Morgan fingerprint density at radius 1 is 1.67 bits per heavy atom. The zero-order valence-corrected chi connectivity index (χ0v) is 7.00. The Morgan fingerprint density at radius 3 is 2.89 bits per heavy atom. The molecule has 0 radical (unpaired) electrons. The summed E-state index contributed by atoms with van der Waals surface area (Å²) in [5, 5.41) is 13.1. The van der Waals surface area contributed by atoms with E-state index in [2.05, 4.69) is 22.0 Å². The Bertz CT molecular complexity index is 235. The number of hydrogen-bond donors (Lipinski definition) is 0. The lowest BCUT2D eigenvalue weighted by molar-refractivity contribution is 1.42. The first-order valence-corrected chi connectivity index (χ1v) is 4.46. The number of alkyl halides is 1. The summed E-state index contributed by atoms with van der Waals surface area (Å²) >= 11 is 4.85. The molecule has 0 aromatic carbocycles. The van der Waals surface area contributed by atoms with Crippen LogP contribution in [0.15, 0.2) is 10.8 Å². The van der Waals surface area contributed by atoms with Gasteiger partial charge in [0.05, 0.1) is 5.56 Å². The minimum absolute atomic E-state index is 0.777. The summed E-state index contributed by atoms with van der Waals surface area (Å²) in [5.74, 6) is 0. The van der Waals surface area contributed by atoms with Crippen LogP contribution in [0.5, 0.6) is 0 Å². The molecule has 1 nitrogen and oxygen atoms in total. The van der Waals surface area contributed by atoms with Crippen LogP contribution in [0.25, 0.3) is 0 Å². The Morgan fingerprint density at radius 2 is 2.44 bits per heavy atom. The van der Waals surface area contributed by atoms with Crippen LogP contribution in [0.4, 0.5) is 0 Å². The molecule has 0 fully saturated rings. The van der Waals surface area contributed by atoms with Crippen molar-refractivity contribution in [3.8, 4) is 6.07 Å². The van der Waals surface area contributed by atoms with Crippen LogP contribution in [-0.2, 0) is 5.33 Å². The average Bonchev–Trinajstić information content (AvgIpc) is 2.33. The second-order valence-corrected chi connectivity index (χ2v) is 2.86. The van der Waals surface area contributed by atoms with E-state index in [0.29, 0.717) is 0 Å². The molecule has 1 aromatic heterocycles. The Labute approximate surface area is 66.1 Å². The molecule has 0 unspecified atom stereocenters. The highest BCUT2D eigenvalue weighted by atomic mass is 79.9. The molecule has 1 heterocycles. The first-order chi connectivity index (χ1) is 4.38. The maximum Gasteiger partial charge on any atom is 0.100 e. The molecular weight excluding hydrogens is 198 g/mol. The third kappa shape index (κ3) is 1.32. The molecule has 0 N–H and O–H groups in total. The fraction of sp³-hybridized carbons (Fsp3) is 0.167. The van der Waals surface area contributed by atoms with Gasteiger partial charge in [0, 0.05) is 10.7 Å². The van der Waals surface area contributed by atoms with Gasteiger partial charge in [-0.15, -0.1) is 0 Å². The molecule has 0 saturated heterocycles. The highest BCUT2D eigenvalue weighted by Crippen LogP contribution is 2.16. The van der Waals surface area contributed by atoms with Gasteiger partial charge in [-0.1, -0.05) is 15.9 Å². The molecule has 9 heavy (non-hydrogen) atoms. The largest absolute Gasteiger partial charge is 0.192 e. The lowest BCUT2D eigenvalue weighted by atomic mass is 10.2. The lowest BCUT2D eigenvalue weighted by Crippen LogP contribution is -1.74. The second kappa shape index (κ2) is 3.00. The van der Waals surface area contributed by atoms with Gasteiger partial charge in [-0.05, 0) is 10.9 Å². The number of nitriles is 1. The van der Waals surface area contributed by atoms with Crippen molar-refractivity contribution in [2.75, 3.05) is 0 Å². The number of rotatable bonds is 1. The maximum absolute atomic E-state index is 8.47. The van der Waals surface area contributed by atoms with E-state index in [1.165, 1.54) is 0 Å². The van der Waals surface area contributed by atoms with E-state index >= 15 is 0 Å². The van der Waals surface area contributed by atoms with E-state index in [-0.39, 0.29) is 0 Å². The predicted molar refractivity (Wildman–Crippen MR) is 41.7 cm³/mol. The number of thiophene rings is 1. The molecule has 46 valence electrons. The summed E-state index contributed by atoms with van der Waals surface area (Å²) in [6.07, 6.45) is 0. The normalized spacial score (nSPS) is 8.89. The molecule has 0 aliphatic carbocycles. The van der Waals surface area contributed by atoms with Crippen molar-refractivity contribution in [1.29, 1.82) is 5.26 Å². The van der Waals surface area contributed by atoms with Crippen LogP contribution >= 0.6 is 27.3 Å². The summed E-state index contributed by atoms with van der Waals surface area (Å²) in [5.41, 5.74) is 1.87. The van der Waals surface area contributed by atoms with Crippen molar-refractivity contribution >= 4 is 27.3 Å². The van der Waals surface area contributed by atoms with Gasteiger partial charge in [-0.2, -0.15) is 16.6 Å². The van der Waals surface area contributed by atoms with E-state index in [1.807, 2.05) is 10.8 Å². The summed E-state index contributed by atoms with van der Waals surface area (Å²) < 4.78 is 0. The van der Waals surface area contributed by atoms with Crippen LogP contribution in [-0.4, -0.2) is 0 Å². The second-order valence-electron chi connectivity index (χ2n) is 1.56. The molecule has 3 heteroatoms. The standard InChI is InChI=1S/C6H4BrNS/c7-1-5-3-9-4-6(5)2-8/h3-4H,1H2. The Hall–Kier alpha value is -0.330. The van der Waals surface area contributed by atoms with E-state index in [9.17, 15) is 0 Å². The van der Waals surface area contributed by atoms with Crippen LogP contribution in [0.3, 0.4) is 0 Å². The van der Waals surface area contributed by atoms with Gasteiger partial charge >= 0.3 is 0 Å². The van der Waals surface area contributed by atoms with Gasteiger partial charge < -0.3 is 0 Å². The molecule has 1 rings (SSSR count). The summed E-state index contributed by atoms with van der Waals surface area (Å²) in [6.45, 7) is 0. The monoisotopic (exact) mass is 201 g/mol. The molecule has 0 aliphatic heterocycles. The fourth-order valence-corrected chi connectivity index (χ4v) is 1.99. The fourth-order valence-electron chi connectivity index (χ4n) is 0.525. The van der Waals surface area contributed by atoms with E-state index in [0.717, 1.165) is 16.5 Å². The molecule has 0 spiro atoms. The predicted octanol–water partition coefficient (Wildman–Crippen LogP) is 2.51. The third-order valence-corrected chi connectivity index (χ3v) is 2.40. The van der Waals surface area contributed by atoms with Crippen molar-refractivity contribution in [2.24, 2.45) is 0 Å². The summed E-state index contributed by atoms with van der Waals surface area (Å²) in [7, 11) is 0. The van der Waals surface area contributed by atoms with Crippen molar-refractivity contribution in [3.63, 3.8) is 0 Å². The highest BCUT2D eigenvalue weighted by molar-refractivity contribution is 9.08. The van der Waals surface area contributed by atoms with Crippen LogP contribution in [0.1, 0.15) is 11.1 Å². The molecule has 0 saturated carbocycles. The van der Waals surface area contributed by atoms with Gasteiger partial charge in [-0.3, -0.25) is 0 Å². The molecular formula is C6H4BrNS. The zero-order valence-electron chi connectivity index (χ0n) is 4.60. The molecule has 0 amide bonds. The van der Waals surface area contributed by atoms with Gasteiger partial charge in [0.15, 0.2) is 0 Å². The quantitative estimate of drug-likeness (QED) is 0.642. The van der Waals surface area contributed by atoms with Gasteiger partial charge in [0.1, 0.15) is 6.07 Å². The van der Waals surface area contributed by atoms with Crippen LogP contribution in [0.2, 0.25) is 0 Å². The smallest absolute Gasteiger partial charge is 0.100 e. The highest BCUT2D eigenvalue weighted by Gasteiger charge is 1.98. The van der Waals surface area contributed by atoms with Crippen LogP contribution in [0, 0.1) is 11.3 Å². The van der Waals surface area contributed by atoms with Crippen LogP contribution < -0.4 is 0 Å². The van der Waals surface area contributed by atoms with Gasteiger partial charge in [-0.25, -0.2) is 0 Å². The van der Waals surface area contributed by atoms with E-state index < -0.39 is 0 Å². The molecule has 0 atom stereocenters. The first-order valence-electron chi connectivity index (χ1n) is 2.39. The van der Waals surface area contributed by atoms with Crippen molar-refractivity contribution in [2.45, 2.75) is 5.33 Å². The Kier molecular flexibility index (Phi) is 2.26. The SMILES string of the molecule is N#Cc1cscc1CBr.